The largest absolute Gasteiger partial charge is 0.494 e. The van der Waals surface area contributed by atoms with Crippen LogP contribution < -0.4 is 21.4 Å². The van der Waals surface area contributed by atoms with E-state index < -0.39 is 48.3 Å². The minimum atomic E-state index is -0.893. The first-order chi connectivity index (χ1) is 21.3. The minimum absolute atomic E-state index is 0.0934. The summed E-state index contributed by atoms with van der Waals surface area (Å²) in [5.74, 6) is -1.21. The van der Waals surface area contributed by atoms with Gasteiger partial charge in [0.05, 0.1) is 11.2 Å². The maximum absolute atomic E-state index is 13.2. The van der Waals surface area contributed by atoms with Gasteiger partial charge in [0.25, 0.3) is 0 Å². The molecule has 45 heavy (non-hydrogen) atoms. The summed E-state index contributed by atoms with van der Waals surface area (Å²) in [6.07, 6.45) is -0.690. The lowest BCUT2D eigenvalue weighted by Crippen LogP contribution is -2.53. The summed E-state index contributed by atoms with van der Waals surface area (Å²) in [6.45, 7) is 13.3. The molecule has 3 amide bonds. The van der Waals surface area contributed by atoms with E-state index in [1.54, 1.807) is 19.1 Å². The molecule has 2 aliphatic rings. The third-order valence-corrected chi connectivity index (χ3v) is 9.02. The first-order valence-corrected chi connectivity index (χ1v) is 15.5. The van der Waals surface area contributed by atoms with Gasteiger partial charge in [-0.1, -0.05) is 74.5 Å². The van der Waals surface area contributed by atoms with E-state index in [1.165, 1.54) is 0 Å². The number of hydrogen-bond donors (Lipinski definition) is 3. The number of rotatable bonds is 9. The van der Waals surface area contributed by atoms with E-state index in [0.717, 1.165) is 27.7 Å². The van der Waals surface area contributed by atoms with Crippen molar-refractivity contribution in [2.45, 2.75) is 77.7 Å². The smallest absolute Gasteiger partial charge is 0.449 e. The van der Waals surface area contributed by atoms with Crippen molar-refractivity contribution in [3.8, 4) is 11.1 Å². The third kappa shape index (κ3) is 6.77. The fourth-order valence-corrected chi connectivity index (χ4v) is 5.62. The average molecular weight is 612 g/mol. The lowest BCUT2D eigenvalue weighted by atomic mass is 9.79. The van der Waals surface area contributed by atoms with Gasteiger partial charge < -0.3 is 30.0 Å². The normalized spacial score (nSPS) is 17.6. The summed E-state index contributed by atoms with van der Waals surface area (Å²) in [7, 11) is -0.505. The number of fused-ring (bicyclic) bond motifs is 3. The fraction of sp³-hybridized carbons (Fsp3) is 0.400. The van der Waals surface area contributed by atoms with E-state index in [-0.39, 0.29) is 18.4 Å². The minimum Gasteiger partial charge on any atom is -0.449 e. The zero-order valence-electron chi connectivity index (χ0n) is 27.0. The van der Waals surface area contributed by atoms with Crippen LogP contribution in [0.15, 0.2) is 72.8 Å². The first kappa shape index (κ1) is 32.3. The first-order valence-electron chi connectivity index (χ1n) is 15.5. The van der Waals surface area contributed by atoms with Gasteiger partial charge in [-0.3, -0.25) is 9.59 Å². The zero-order chi connectivity index (χ0) is 32.5. The van der Waals surface area contributed by atoms with Crippen molar-refractivity contribution in [1.29, 1.82) is 0 Å². The highest BCUT2D eigenvalue weighted by Crippen LogP contribution is 2.44. The SMILES string of the molecule is CC(NC(=O)C(NC(=O)OCC1c2ccccc2-c2ccccc21)C(C)C)C(=O)Nc1ccc(B2OC(C)(C)C(C)(C)O2)cc1. The van der Waals surface area contributed by atoms with Crippen LogP contribution >= 0.6 is 0 Å². The molecule has 1 saturated heterocycles. The molecule has 1 aliphatic heterocycles. The Balaban J connectivity index is 1.13. The summed E-state index contributed by atoms with van der Waals surface area (Å²) in [5, 5.41) is 8.25. The highest BCUT2D eigenvalue weighted by atomic mass is 16.7. The van der Waals surface area contributed by atoms with Gasteiger partial charge in [-0.25, -0.2) is 4.79 Å². The lowest BCUT2D eigenvalue weighted by molar-refractivity contribution is -0.128. The number of ether oxygens (including phenoxy) is 1. The summed E-state index contributed by atoms with van der Waals surface area (Å²) >= 11 is 0. The van der Waals surface area contributed by atoms with Gasteiger partial charge in [0.1, 0.15) is 18.7 Å². The van der Waals surface area contributed by atoms with Crippen molar-refractivity contribution >= 4 is 36.2 Å². The van der Waals surface area contributed by atoms with Crippen LogP contribution in [-0.2, 0) is 23.6 Å². The zero-order valence-corrected chi connectivity index (χ0v) is 27.0. The molecule has 236 valence electrons. The van der Waals surface area contributed by atoms with Crippen molar-refractivity contribution < 1.29 is 28.4 Å². The Kier molecular flexibility index (Phi) is 9.10. The fourth-order valence-electron chi connectivity index (χ4n) is 5.62. The molecule has 10 heteroatoms. The highest BCUT2D eigenvalue weighted by Gasteiger charge is 2.51. The summed E-state index contributed by atoms with van der Waals surface area (Å²) in [6, 6.07) is 21.7. The summed E-state index contributed by atoms with van der Waals surface area (Å²) < 4.78 is 17.8. The molecule has 0 radical (unpaired) electrons. The summed E-state index contributed by atoms with van der Waals surface area (Å²) in [5.41, 5.74) is 4.98. The van der Waals surface area contributed by atoms with E-state index in [0.29, 0.717) is 5.69 Å². The van der Waals surface area contributed by atoms with Gasteiger partial charge in [0.2, 0.25) is 11.8 Å². The van der Waals surface area contributed by atoms with Crippen LogP contribution in [-0.4, -0.2) is 54.9 Å². The molecule has 5 rings (SSSR count). The number of benzene rings is 3. The number of anilines is 1. The predicted octanol–water partition coefficient (Wildman–Crippen LogP) is 4.99. The van der Waals surface area contributed by atoms with Gasteiger partial charge >= 0.3 is 13.2 Å². The van der Waals surface area contributed by atoms with Crippen molar-refractivity contribution in [2.75, 3.05) is 11.9 Å². The van der Waals surface area contributed by atoms with Crippen LogP contribution in [0.2, 0.25) is 0 Å². The van der Waals surface area contributed by atoms with Crippen LogP contribution in [0.3, 0.4) is 0 Å². The Morgan fingerprint density at radius 3 is 1.84 bits per heavy atom. The quantitative estimate of drug-likeness (QED) is 0.294. The van der Waals surface area contributed by atoms with Gasteiger partial charge in [0, 0.05) is 11.6 Å². The van der Waals surface area contributed by atoms with Crippen LogP contribution in [0.5, 0.6) is 0 Å². The Morgan fingerprint density at radius 1 is 0.778 bits per heavy atom. The van der Waals surface area contributed by atoms with Crippen molar-refractivity contribution in [2.24, 2.45) is 5.92 Å². The van der Waals surface area contributed by atoms with Crippen molar-refractivity contribution in [3.63, 3.8) is 0 Å². The number of carbonyl (C=O) groups excluding carboxylic acids is 3. The molecule has 2 unspecified atom stereocenters. The van der Waals surface area contributed by atoms with Crippen molar-refractivity contribution in [3.05, 3.63) is 83.9 Å². The number of amides is 3. The van der Waals surface area contributed by atoms with Crippen LogP contribution in [0.25, 0.3) is 11.1 Å². The molecule has 0 aromatic heterocycles. The standard InChI is InChI=1S/C35H42BN3O6/c1-21(2)30(39-33(42)43-20-29-27-14-10-8-12-25(27)26-13-9-11-15-28(26)29)32(41)37-22(3)31(40)38-24-18-16-23(17-19-24)36-44-34(4,5)35(6,7)45-36/h8-19,21-22,29-30H,20H2,1-7H3,(H,37,41)(H,38,40)(H,39,42). The molecule has 1 heterocycles. The third-order valence-electron chi connectivity index (χ3n) is 9.02. The monoisotopic (exact) mass is 611 g/mol. The average Bonchev–Trinajstić information content (AvgIpc) is 3.43. The molecule has 2 atom stereocenters. The maximum atomic E-state index is 13.2. The second kappa shape index (κ2) is 12.7. The molecule has 1 fully saturated rings. The molecule has 3 aromatic rings. The van der Waals surface area contributed by atoms with E-state index >= 15 is 0 Å². The highest BCUT2D eigenvalue weighted by molar-refractivity contribution is 6.62. The predicted molar refractivity (Wildman–Crippen MR) is 175 cm³/mol. The van der Waals surface area contributed by atoms with Gasteiger partial charge in [-0.2, -0.15) is 0 Å². The Morgan fingerprint density at radius 2 is 1.31 bits per heavy atom. The van der Waals surface area contributed by atoms with E-state index in [4.69, 9.17) is 14.0 Å². The molecule has 0 saturated carbocycles. The topological polar surface area (TPSA) is 115 Å². The lowest BCUT2D eigenvalue weighted by Gasteiger charge is -2.32. The maximum Gasteiger partial charge on any atom is 0.494 e. The molecular formula is C35H42BN3O6. The Labute approximate surface area is 265 Å². The number of hydrogen-bond acceptors (Lipinski definition) is 6. The van der Waals surface area contributed by atoms with Crippen LogP contribution in [0, 0.1) is 5.92 Å². The van der Waals surface area contributed by atoms with Gasteiger partial charge in [-0.15, -0.1) is 0 Å². The molecule has 9 nitrogen and oxygen atoms in total. The molecule has 3 aromatic carbocycles. The number of alkyl carbamates (subject to hydrolysis) is 1. The van der Waals surface area contributed by atoms with E-state index in [1.807, 2.05) is 90.1 Å². The molecule has 1 aliphatic carbocycles. The molecule has 3 N–H and O–H groups in total. The number of nitrogens with one attached hydrogen (secondary N) is 3. The molecule has 0 bridgehead atoms. The van der Waals surface area contributed by atoms with E-state index in [9.17, 15) is 14.4 Å². The number of carbonyl (C=O) groups is 3. The van der Waals surface area contributed by atoms with Crippen LogP contribution in [0.1, 0.15) is 65.5 Å². The van der Waals surface area contributed by atoms with Crippen molar-refractivity contribution in [1.82, 2.24) is 10.6 Å². The second-order valence-electron chi connectivity index (χ2n) is 13.1. The summed E-state index contributed by atoms with van der Waals surface area (Å²) in [4.78, 5) is 39.0. The molecule has 0 spiro atoms. The Bertz CT molecular complexity index is 1510. The van der Waals surface area contributed by atoms with E-state index in [2.05, 4.69) is 28.1 Å². The van der Waals surface area contributed by atoms with Gasteiger partial charge in [-0.05, 0) is 80.4 Å². The van der Waals surface area contributed by atoms with Gasteiger partial charge in [0.15, 0.2) is 0 Å². The molecular weight excluding hydrogens is 569 g/mol. The Hall–Kier alpha value is -4.15. The second-order valence-corrected chi connectivity index (χ2v) is 13.1. The van der Waals surface area contributed by atoms with Crippen LogP contribution in [0.4, 0.5) is 10.5 Å².